The lowest BCUT2D eigenvalue weighted by atomic mass is 10.1. The van der Waals surface area contributed by atoms with Crippen LogP contribution in [-0.2, 0) is 4.74 Å². The summed E-state index contributed by atoms with van der Waals surface area (Å²) in [5.41, 5.74) is 1.59. The molecule has 0 N–H and O–H groups in total. The van der Waals surface area contributed by atoms with Gasteiger partial charge in [0.15, 0.2) is 11.5 Å². The molecule has 0 amide bonds. The molecule has 0 aliphatic rings. The van der Waals surface area contributed by atoms with E-state index in [9.17, 15) is 4.79 Å². The van der Waals surface area contributed by atoms with Crippen molar-refractivity contribution in [2.75, 3.05) is 6.61 Å². The minimum absolute atomic E-state index is 0.189. The van der Waals surface area contributed by atoms with Gasteiger partial charge in [-0.25, -0.2) is 4.79 Å². The third kappa shape index (κ3) is 2.60. The van der Waals surface area contributed by atoms with Crippen molar-refractivity contribution in [3.05, 3.63) is 60.6 Å². The molecule has 21 heavy (non-hydrogen) atoms. The Morgan fingerprint density at radius 1 is 1.10 bits per heavy atom. The second-order valence-corrected chi connectivity index (χ2v) is 4.42. The van der Waals surface area contributed by atoms with E-state index in [-0.39, 0.29) is 5.76 Å². The molecular weight excluding hydrogens is 268 g/mol. The zero-order chi connectivity index (χ0) is 14.7. The topological polar surface area (TPSA) is 52.6 Å². The van der Waals surface area contributed by atoms with E-state index in [0.29, 0.717) is 23.7 Å². The Bertz CT molecular complexity index is 724. The van der Waals surface area contributed by atoms with Gasteiger partial charge < -0.3 is 13.6 Å². The Morgan fingerprint density at radius 3 is 2.57 bits per heavy atom. The second-order valence-electron chi connectivity index (χ2n) is 4.42. The molecule has 0 unspecified atom stereocenters. The summed E-state index contributed by atoms with van der Waals surface area (Å²) in [5.74, 6) is 0.785. The van der Waals surface area contributed by atoms with Gasteiger partial charge in [-0.3, -0.25) is 0 Å². The predicted octanol–water partition coefficient (Wildman–Crippen LogP) is 4.38. The molecule has 0 saturated carbocycles. The van der Waals surface area contributed by atoms with Crippen molar-refractivity contribution >= 4 is 5.97 Å². The third-order valence-electron chi connectivity index (χ3n) is 3.04. The van der Waals surface area contributed by atoms with Crippen molar-refractivity contribution in [3.8, 4) is 22.6 Å². The van der Waals surface area contributed by atoms with Gasteiger partial charge >= 0.3 is 5.97 Å². The molecule has 0 saturated heterocycles. The lowest BCUT2D eigenvalue weighted by Gasteiger charge is -2.02. The number of benzene rings is 1. The average molecular weight is 282 g/mol. The first-order chi connectivity index (χ1) is 10.3. The molecule has 0 radical (unpaired) electrons. The molecule has 106 valence electrons. The van der Waals surface area contributed by atoms with Crippen molar-refractivity contribution in [1.82, 2.24) is 0 Å². The minimum Gasteiger partial charge on any atom is -0.461 e. The monoisotopic (exact) mass is 282 g/mol. The molecule has 1 aromatic carbocycles. The van der Waals surface area contributed by atoms with E-state index < -0.39 is 5.97 Å². The predicted molar refractivity (Wildman–Crippen MR) is 77.8 cm³/mol. The highest BCUT2D eigenvalue weighted by atomic mass is 16.5. The van der Waals surface area contributed by atoms with Crippen LogP contribution in [0, 0.1) is 0 Å². The molecule has 0 aliphatic heterocycles. The van der Waals surface area contributed by atoms with Gasteiger partial charge in [-0.1, -0.05) is 30.3 Å². The van der Waals surface area contributed by atoms with Gasteiger partial charge in [0.1, 0.15) is 0 Å². The number of rotatable bonds is 4. The molecular formula is C17H14O4. The van der Waals surface area contributed by atoms with E-state index in [0.717, 1.165) is 5.56 Å². The summed E-state index contributed by atoms with van der Waals surface area (Å²) >= 11 is 0. The van der Waals surface area contributed by atoms with Crippen LogP contribution in [0.15, 0.2) is 63.6 Å². The normalized spacial score (nSPS) is 10.5. The maximum absolute atomic E-state index is 12.1. The SMILES string of the molecule is CCOC(=O)c1oc(-c2ccco2)cc1-c1ccccc1. The molecule has 4 heteroatoms. The molecule has 0 fully saturated rings. The van der Waals surface area contributed by atoms with Crippen molar-refractivity contribution < 1.29 is 18.4 Å². The van der Waals surface area contributed by atoms with Crippen molar-refractivity contribution in [3.63, 3.8) is 0 Å². The maximum atomic E-state index is 12.1. The van der Waals surface area contributed by atoms with E-state index in [1.807, 2.05) is 30.3 Å². The standard InChI is InChI=1S/C17H14O4/c1-2-19-17(18)16-13(12-7-4-3-5-8-12)11-15(21-16)14-9-6-10-20-14/h3-11H,2H2,1H3. The molecule has 0 bridgehead atoms. The number of carbonyl (C=O) groups excluding carboxylic acids is 1. The fourth-order valence-corrected chi connectivity index (χ4v) is 2.11. The van der Waals surface area contributed by atoms with Gasteiger partial charge in [0.2, 0.25) is 5.76 Å². The van der Waals surface area contributed by atoms with E-state index in [1.165, 1.54) is 0 Å². The van der Waals surface area contributed by atoms with E-state index >= 15 is 0 Å². The van der Waals surface area contributed by atoms with Gasteiger partial charge in [-0.15, -0.1) is 0 Å². The first-order valence-electron chi connectivity index (χ1n) is 6.70. The Balaban J connectivity index is 2.10. The maximum Gasteiger partial charge on any atom is 0.374 e. The lowest BCUT2D eigenvalue weighted by Crippen LogP contribution is -2.04. The summed E-state index contributed by atoms with van der Waals surface area (Å²) in [5, 5.41) is 0. The van der Waals surface area contributed by atoms with Crippen molar-refractivity contribution in [1.29, 1.82) is 0 Å². The van der Waals surface area contributed by atoms with Crippen LogP contribution in [0.2, 0.25) is 0 Å². The van der Waals surface area contributed by atoms with Crippen LogP contribution in [0.5, 0.6) is 0 Å². The van der Waals surface area contributed by atoms with Gasteiger partial charge in [-0.05, 0) is 30.7 Å². The Morgan fingerprint density at radius 2 is 1.90 bits per heavy atom. The first-order valence-corrected chi connectivity index (χ1v) is 6.70. The Kier molecular flexibility index (Phi) is 3.60. The van der Waals surface area contributed by atoms with Gasteiger partial charge in [-0.2, -0.15) is 0 Å². The Labute approximate surface area is 122 Å². The van der Waals surface area contributed by atoms with Crippen molar-refractivity contribution in [2.45, 2.75) is 6.92 Å². The highest BCUT2D eigenvalue weighted by Gasteiger charge is 2.22. The summed E-state index contributed by atoms with van der Waals surface area (Å²) in [6.45, 7) is 2.06. The third-order valence-corrected chi connectivity index (χ3v) is 3.04. The largest absolute Gasteiger partial charge is 0.461 e. The zero-order valence-corrected chi connectivity index (χ0v) is 11.5. The summed E-state index contributed by atoms with van der Waals surface area (Å²) in [7, 11) is 0. The lowest BCUT2D eigenvalue weighted by molar-refractivity contribution is 0.0492. The van der Waals surface area contributed by atoms with Gasteiger partial charge in [0, 0.05) is 5.56 Å². The van der Waals surface area contributed by atoms with Crippen LogP contribution in [-0.4, -0.2) is 12.6 Å². The highest BCUT2D eigenvalue weighted by Crippen LogP contribution is 2.33. The van der Waals surface area contributed by atoms with Crippen LogP contribution in [0.25, 0.3) is 22.6 Å². The van der Waals surface area contributed by atoms with Gasteiger partial charge in [0.05, 0.1) is 12.9 Å². The molecule has 2 aromatic heterocycles. The fourth-order valence-electron chi connectivity index (χ4n) is 2.11. The minimum atomic E-state index is -0.478. The highest BCUT2D eigenvalue weighted by molar-refractivity contribution is 5.95. The number of esters is 1. The molecule has 0 spiro atoms. The second kappa shape index (κ2) is 5.71. The number of furan rings is 2. The molecule has 4 nitrogen and oxygen atoms in total. The molecule has 3 rings (SSSR count). The number of hydrogen-bond donors (Lipinski definition) is 0. The summed E-state index contributed by atoms with van der Waals surface area (Å²) in [4.78, 5) is 12.1. The smallest absolute Gasteiger partial charge is 0.374 e. The number of carbonyl (C=O) groups is 1. The molecule has 0 aliphatic carbocycles. The number of ether oxygens (including phenoxy) is 1. The van der Waals surface area contributed by atoms with E-state index in [2.05, 4.69) is 0 Å². The summed E-state index contributed by atoms with van der Waals surface area (Å²) in [6, 6.07) is 14.9. The van der Waals surface area contributed by atoms with Gasteiger partial charge in [0.25, 0.3) is 0 Å². The molecule has 3 aromatic rings. The quantitative estimate of drug-likeness (QED) is 0.666. The van der Waals surface area contributed by atoms with Crippen LogP contribution >= 0.6 is 0 Å². The fraction of sp³-hybridized carbons (Fsp3) is 0.118. The molecule has 0 atom stereocenters. The number of hydrogen-bond acceptors (Lipinski definition) is 4. The summed E-state index contributed by atoms with van der Waals surface area (Å²) < 4.78 is 16.0. The molecule has 2 heterocycles. The van der Waals surface area contributed by atoms with Crippen LogP contribution in [0.3, 0.4) is 0 Å². The summed E-state index contributed by atoms with van der Waals surface area (Å²) in [6.07, 6.45) is 1.56. The first kappa shape index (κ1) is 13.2. The average Bonchev–Trinajstić information content (AvgIpc) is 3.17. The van der Waals surface area contributed by atoms with E-state index in [4.69, 9.17) is 13.6 Å². The van der Waals surface area contributed by atoms with Crippen molar-refractivity contribution in [2.24, 2.45) is 0 Å². The van der Waals surface area contributed by atoms with E-state index in [1.54, 1.807) is 31.4 Å². The van der Waals surface area contributed by atoms with Crippen LogP contribution in [0.1, 0.15) is 17.5 Å². The zero-order valence-electron chi connectivity index (χ0n) is 11.5. The van der Waals surface area contributed by atoms with Crippen LogP contribution < -0.4 is 0 Å². The van der Waals surface area contributed by atoms with Crippen LogP contribution in [0.4, 0.5) is 0 Å². The Hall–Kier alpha value is -2.75.